The second-order valence-corrected chi connectivity index (χ2v) is 4.81. The van der Waals surface area contributed by atoms with E-state index in [9.17, 15) is 0 Å². The maximum absolute atomic E-state index is 9.08. The fourth-order valence-corrected chi connectivity index (χ4v) is 2.12. The molecule has 1 rings (SSSR count). The lowest BCUT2D eigenvalue weighted by Gasteiger charge is -2.02. The number of rotatable bonds is 6. The molecule has 1 N–H and O–H groups in total. The van der Waals surface area contributed by atoms with Crippen LogP contribution < -0.4 is 0 Å². The van der Waals surface area contributed by atoms with Crippen LogP contribution in [-0.2, 0) is 0 Å². The van der Waals surface area contributed by atoms with Crippen molar-refractivity contribution in [3.8, 4) is 0 Å². The van der Waals surface area contributed by atoms with Gasteiger partial charge >= 0.3 is 0 Å². The van der Waals surface area contributed by atoms with E-state index < -0.39 is 0 Å². The van der Waals surface area contributed by atoms with Crippen molar-refractivity contribution in [1.82, 2.24) is 0 Å². The summed E-state index contributed by atoms with van der Waals surface area (Å²) < 4.78 is 0. The molecule has 86 valence electrons. The van der Waals surface area contributed by atoms with Gasteiger partial charge in [0.1, 0.15) is 0 Å². The lowest BCUT2D eigenvalue weighted by atomic mass is 10.1. The van der Waals surface area contributed by atoms with Gasteiger partial charge in [0.2, 0.25) is 0 Å². The summed E-state index contributed by atoms with van der Waals surface area (Å²) in [5.41, 5.74) is 1.42. The summed E-state index contributed by atoms with van der Waals surface area (Å²) in [6.07, 6.45) is 12.7. The highest BCUT2D eigenvalue weighted by Gasteiger charge is 2.14. The summed E-state index contributed by atoms with van der Waals surface area (Å²) in [4.78, 5) is 0. The van der Waals surface area contributed by atoms with Crippen molar-refractivity contribution >= 4 is 0 Å². The first-order chi connectivity index (χ1) is 7.18. The number of hydrogen-bond donors (Lipinski definition) is 1. The van der Waals surface area contributed by atoms with E-state index in [-0.39, 0.29) is 6.10 Å². The molecule has 1 aliphatic carbocycles. The van der Waals surface area contributed by atoms with Gasteiger partial charge in [-0.15, -0.1) is 0 Å². The highest BCUT2D eigenvalue weighted by atomic mass is 16.3. The molecular formula is C14H24O. The van der Waals surface area contributed by atoms with Gasteiger partial charge in [-0.25, -0.2) is 0 Å². The molecule has 0 amide bonds. The van der Waals surface area contributed by atoms with Gasteiger partial charge in [0.15, 0.2) is 0 Å². The zero-order chi connectivity index (χ0) is 11.1. The van der Waals surface area contributed by atoms with Gasteiger partial charge in [0.25, 0.3) is 0 Å². The minimum atomic E-state index is -0.132. The smallest absolute Gasteiger partial charge is 0.0512 e. The van der Waals surface area contributed by atoms with Crippen molar-refractivity contribution < 1.29 is 5.11 Å². The maximum atomic E-state index is 9.08. The molecule has 0 aromatic rings. The lowest BCUT2D eigenvalue weighted by Crippen LogP contribution is -1.97. The van der Waals surface area contributed by atoms with Crippen molar-refractivity contribution in [2.24, 2.45) is 5.92 Å². The van der Waals surface area contributed by atoms with E-state index in [1.54, 1.807) is 0 Å². The van der Waals surface area contributed by atoms with E-state index in [4.69, 9.17) is 5.11 Å². The molecule has 0 spiro atoms. The Labute approximate surface area is 93.9 Å². The van der Waals surface area contributed by atoms with Crippen LogP contribution in [-0.4, -0.2) is 11.2 Å². The standard InChI is InChI=1S/C14H24O/c1-12-9-10-14(11-12)8-6-4-3-5-7-13(2)15/h6,8,13-15H,1,3-5,7,9-11H2,2H3/b8-6+/t13-,14+/m1/s1. The van der Waals surface area contributed by atoms with Gasteiger partial charge in [0, 0.05) is 0 Å². The van der Waals surface area contributed by atoms with Crippen LogP contribution in [0.15, 0.2) is 24.3 Å². The minimum absolute atomic E-state index is 0.132. The van der Waals surface area contributed by atoms with Crippen LogP contribution in [0.25, 0.3) is 0 Å². The molecule has 2 atom stereocenters. The van der Waals surface area contributed by atoms with Gasteiger partial charge < -0.3 is 5.11 Å². The third-order valence-corrected chi connectivity index (χ3v) is 3.07. The molecular weight excluding hydrogens is 184 g/mol. The van der Waals surface area contributed by atoms with E-state index >= 15 is 0 Å². The van der Waals surface area contributed by atoms with Crippen LogP contribution in [0.3, 0.4) is 0 Å². The van der Waals surface area contributed by atoms with Crippen LogP contribution >= 0.6 is 0 Å². The van der Waals surface area contributed by atoms with Crippen molar-refractivity contribution in [1.29, 1.82) is 0 Å². The molecule has 0 heterocycles. The van der Waals surface area contributed by atoms with Crippen LogP contribution in [0.4, 0.5) is 0 Å². The molecule has 1 saturated carbocycles. The first-order valence-electron chi connectivity index (χ1n) is 6.20. The predicted octanol–water partition coefficient (Wildman–Crippen LogP) is 3.84. The summed E-state index contributed by atoms with van der Waals surface area (Å²) >= 11 is 0. The molecule has 0 saturated heterocycles. The first kappa shape index (κ1) is 12.5. The Balaban J connectivity index is 1.99. The van der Waals surface area contributed by atoms with E-state index in [1.165, 1.54) is 31.3 Å². The molecule has 1 fully saturated rings. The largest absolute Gasteiger partial charge is 0.393 e. The monoisotopic (exact) mass is 208 g/mol. The van der Waals surface area contributed by atoms with Crippen molar-refractivity contribution in [2.75, 3.05) is 0 Å². The number of aliphatic hydroxyl groups is 1. The Morgan fingerprint density at radius 1 is 1.53 bits per heavy atom. The number of allylic oxidation sites excluding steroid dienone is 3. The molecule has 0 aromatic carbocycles. The van der Waals surface area contributed by atoms with E-state index in [2.05, 4.69) is 18.7 Å². The number of unbranched alkanes of at least 4 members (excludes halogenated alkanes) is 2. The highest BCUT2D eigenvalue weighted by Crippen LogP contribution is 2.29. The number of hydrogen-bond acceptors (Lipinski definition) is 1. The van der Waals surface area contributed by atoms with E-state index in [0.29, 0.717) is 0 Å². The zero-order valence-corrected chi connectivity index (χ0v) is 9.91. The third-order valence-electron chi connectivity index (χ3n) is 3.07. The lowest BCUT2D eigenvalue weighted by molar-refractivity contribution is 0.181. The summed E-state index contributed by atoms with van der Waals surface area (Å²) in [5.74, 6) is 0.759. The zero-order valence-electron chi connectivity index (χ0n) is 9.91. The second-order valence-electron chi connectivity index (χ2n) is 4.81. The molecule has 0 aliphatic heterocycles. The first-order valence-corrected chi connectivity index (χ1v) is 6.20. The van der Waals surface area contributed by atoms with Gasteiger partial charge in [-0.3, -0.25) is 0 Å². The maximum Gasteiger partial charge on any atom is 0.0512 e. The molecule has 0 aromatic heterocycles. The van der Waals surface area contributed by atoms with Crippen molar-refractivity contribution in [3.05, 3.63) is 24.3 Å². The minimum Gasteiger partial charge on any atom is -0.393 e. The predicted molar refractivity (Wildman–Crippen MR) is 65.8 cm³/mol. The van der Waals surface area contributed by atoms with Gasteiger partial charge in [-0.1, -0.05) is 30.7 Å². The van der Waals surface area contributed by atoms with Crippen LogP contribution in [0.5, 0.6) is 0 Å². The molecule has 1 heteroatoms. The topological polar surface area (TPSA) is 20.2 Å². The SMILES string of the molecule is C=C1CC[C@H](/C=C/CCCC[C@@H](C)O)C1. The Morgan fingerprint density at radius 3 is 2.93 bits per heavy atom. The molecule has 1 aliphatic rings. The van der Waals surface area contributed by atoms with Crippen LogP contribution in [0.1, 0.15) is 51.9 Å². The van der Waals surface area contributed by atoms with Gasteiger partial charge in [-0.2, -0.15) is 0 Å². The van der Waals surface area contributed by atoms with Crippen LogP contribution in [0.2, 0.25) is 0 Å². The van der Waals surface area contributed by atoms with Gasteiger partial charge in [-0.05, 0) is 51.4 Å². The van der Waals surface area contributed by atoms with E-state index in [0.717, 1.165) is 25.2 Å². The average Bonchev–Trinajstić information content (AvgIpc) is 2.57. The van der Waals surface area contributed by atoms with Crippen LogP contribution in [0, 0.1) is 5.92 Å². The van der Waals surface area contributed by atoms with Crippen molar-refractivity contribution in [3.63, 3.8) is 0 Å². The highest BCUT2D eigenvalue weighted by molar-refractivity contribution is 5.07. The normalized spacial score (nSPS) is 23.9. The molecule has 0 bridgehead atoms. The Morgan fingerprint density at radius 2 is 2.33 bits per heavy atom. The fourth-order valence-electron chi connectivity index (χ4n) is 2.12. The Kier molecular flexibility index (Phi) is 5.70. The summed E-state index contributed by atoms with van der Waals surface area (Å²) in [7, 11) is 0. The summed E-state index contributed by atoms with van der Waals surface area (Å²) in [5, 5.41) is 9.08. The van der Waals surface area contributed by atoms with Gasteiger partial charge in [0.05, 0.1) is 6.10 Å². The Bertz CT molecular complexity index is 215. The summed E-state index contributed by atoms with van der Waals surface area (Å²) in [6, 6.07) is 0. The quantitative estimate of drug-likeness (QED) is 0.519. The van der Waals surface area contributed by atoms with Crippen molar-refractivity contribution in [2.45, 2.75) is 58.0 Å². The molecule has 0 unspecified atom stereocenters. The third kappa shape index (κ3) is 5.78. The summed E-state index contributed by atoms with van der Waals surface area (Å²) in [6.45, 7) is 5.88. The number of aliphatic hydroxyl groups excluding tert-OH is 1. The Hall–Kier alpha value is -0.560. The second kappa shape index (κ2) is 6.84. The average molecular weight is 208 g/mol. The fraction of sp³-hybridized carbons (Fsp3) is 0.714. The molecule has 15 heavy (non-hydrogen) atoms. The molecule has 1 nitrogen and oxygen atoms in total. The van der Waals surface area contributed by atoms with E-state index in [1.807, 2.05) is 6.92 Å². The molecule has 0 radical (unpaired) electrons.